The first-order valence-electron chi connectivity index (χ1n) is 5.98. The van der Waals surface area contributed by atoms with Crippen LogP contribution in [0.2, 0.25) is 0 Å². The Labute approximate surface area is 114 Å². The number of nitrogens with zero attached hydrogens (tertiary/aromatic N) is 2. The topological polar surface area (TPSA) is 17.3 Å². The van der Waals surface area contributed by atoms with Crippen LogP contribution in [0.3, 0.4) is 0 Å². The molecule has 0 atom stereocenters. The Morgan fingerprint density at radius 2 is 1.94 bits per heavy atom. The summed E-state index contributed by atoms with van der Waals surface area (Å²) in [6.07, 6.45) is 7.88. The zero-order valence-corrected chi connectivity index (χ0v) is 11.5. The summed E-state index contributed by atoms with van der Waals surface area (Å²) in [6, 6.07) is 12.6. The molecule has 3 heteroatoms. The number of fused-ring (bicyclic) bond motifs is 1. The highest BCUT2D eigenvalue weighted by Gasteiger charge is 2.04. The number of hydrogen-bond acceptors (Lipinski definition) is 1. The number of benzene rings is 1. The fourth-order valence-electron chi connectivity index (χ4n) is 2.16. The molecule has 0 N–H and O–H groups in total. The normalized spacial score (nSPS) is 10.9. The Hall–Kier alpha value is -1.61. The molecule has 0 aliphatic carbocycles. The van der Waals surface area contributed by atoms with Crippen molar-refractivity contribution in [1.82, 2.24) is 9.38 Å². The molecule has 0 fully saturated rings. The van der Waals surface area contributed by atoms with Crippen molar-refractivity contribution in [3.05, 3.63) is 70.7 Å². The van der Waals surface area contributed by atoms with Gasteiger partial charge in [0.2, 0.25) is 0 Å². The lowest BCUT2D eigenvalue weighted by atomic mass is 10.1. The minimum absolute atomic E-state index is 0.963. The third-order valence-electron chi connectivity index (χ3n) is 3.06. The van der Waals surface area contributed by atoms with E-state index >= 15 is 0 Å². The quantitative estimate of drug-likeness (QED) is 0.717. The molecule has 3 aromatic rings. The molecule has 0 amide bonds. The van der Waals surface area contributed by atoms with E-state index in [4.69, 9.17) is 0 Å². The predicted octanol–water partition coefficient (Wildman–Crippen LogP) is 3.88. The van der Waals surface area contributed by atoms with Crippen molar-refractivity contribution in [3.63, 3.8) is 0 Å². The Balaban J connectivity index is 1.86. The Kier molecular flexibility index (Phi) is 3.15. The molecule has 0 aliphatic rings. The average Bonchev–Trinajstić information content (AvgIpc) is 2.78. The van der Waals surface area contributed by atoms with Gasteiger partial charge in [-0.15, -0.1) is 0 Å². The number of aromatic nitrogens is 2. The van der Waals surface area contributed by atoms with Crippen LogP contribution in [0.15, 0.2) is 59.5 Å². The first-order valence-corrected chi connectivity index (χ1v) is 6.77. The number of aryl methyl sites for hydroxylation is 2. The summed E-state index contributed by atoms with van der Waals surface area (Å²) >= 11 is 3.51. The monoisotopic (exact) mass is 300 g/mol. The third-order valence-corrected chi connectivity index (χ3v) is 3.50. The maximum atomic E-state index is 4.49. The van der Waals surface area contributed by atoms with Crippen LogP contribution in [-0.4, -0.2) is 9.38 Å². The van der Waals surface area contributed by atoms with E-state index in [0.29, 0.717) is 0 Å². The molecule has 18 heavy (non-hydrogen) atoms. The van der Waals surface area contributed by atoms with Crippen molar-refractivity contribution in [2.45, 2.75) is 12.8 Å². The van der Waals surface area contributed by atoms with Gasteiger partial charge in [0.25, 0.3) is 0 Å². The van der Waals surface area contributed by atoms with Crippen molar-refractivity contribution in [2.24, 2.45) is 0 Å². The molecular weight excluding hydrogens is 288 g/mol. The van der Waals surface area contributed by atoms with Crippen LogP contribution in [-0.2, 0) is 12.8 Å². The molecule has 2 nitrogen and oxygen atoms in total. The lowest BCUT2D eigenvalue weighted by molar-refractivity contribution is 0.907. The van der Waals surface area contributed by atoms with Gasteiger partial charge in [0.1, 0.15) is 0 Å². The number of hydrogen-bond donors (Lipinski definition) is 0. The lowest BCUT2D eigenvalue weighted by Crippen LogP contribution is -1.97. The van der Waals surface area contributed by atoms with E-state index in [2.05, 4.69) is 61.8 Å². The summed E-state index contributed by atoms with van der Waals surface area (Å²) in [5, 5.41) is 0. The maximum Gasteiger partial charge on any atom is 0.0678 e. The van der Waals surface area contributed by atoms with Gasteiger partial charge in [0, 0.05) is 23.1 Å². The second kappa shape index (κ2) is 4.94. The van der Waals surface area contributed by atoms with Crippen LogP contribution in [0.4, 0.5) is 0 Å². The second-order valence-electron chi connectivity index (χ2n) is 4.31. The molecule has 0 saturated heterocycles. The van der Waals surface area contributed by atoms with Crippen molar-refractivity contribution in [3.8, 4) is 0 Å². The molecule has 0 aliphatic heterocycles. The van der Waals surface area contributed by atoms with E-state index < -0.39 is 0 Å². The Bertz CT molecular complexity index is 659. The fraction of sp³-hybridized carbons (Fsp3) is 0.133. The lowest BCUT2D eigenvalue weighted by Gasteiger charge is -2.03. The van der Waals surface area contributed by atoms with Gasteiger partial charge in [0.15, 0.2) is 0 Å². The van der Waals surface area contributed by atoms with E-state index in [9.17, 15) is 0 Å². The molecule has 2 aromatic heterocycles. The first kappa shape index (κ1) is 11.5. The summed E-state index contributed by atoms with van der Waals surface area (Å²) < 4.78 is 3.20. The highest BCUT2D eigenvalue weighted by molar-refractivity contribution is 9.10. The Morgan fingerprint density at radius 1 is 1.11 bits per heavy atom. The molecule has 0 unspecified atom stereocenters. The predicted molar refractivity (Wildman–Crippen MR) is 76.7 cm³/mol. The zero-order chi connectivity index (χ0) is 12.4. The smallest absolute Gasteiger partial charge is 0.0678 e. The van der Waals surface area contributed by atoms with Crippen molar-refractivity contribution < 1.29 is 0 Å². The second-order valence-corrected chi connectivity index (χ2v) is 5.23. The molecule has 90 valence electrons. The fourth-order valence-corrected chi connectivity index (χ4v) is 2.60. The van der Waals surface area contributed by atoms with Gasteiger partial charge in [-0.3, -0.25) is 4.98 Å². The van der Waals surface area contributed by atoms with Gasteiger partial charge in [-0.25, -0.2) is 0 Å². The van der Waals surface area contributed by atoms with Gasteiger partial charge in [-0.1, -0.05) is 30.3 Å². The zero-order valence-electron chi connectivity index (χ0n) is 9.88. The van der Waals surface area contributed by atoms with Crippen molar-refractivity contribution >= 4 is 21.4 Å². The molecule has 0 radical (unpaired) electrons. The van der Waals surface area contributed by atoms with Crippen molar-refractivity contribution in [1.29, 1.82) is 0 Å². The van der Waals surface area contributed by atoms with E-state index in [-0.39, 0.29) is 0 Å². The van der Waals surface area contributed by atoms with Crippen LogP contribution < -0.4 is 0 Å². The summed E-state index contributed by atoms with van der Waals surface area (Å²) in [4.78, 5) is 4.49. The van der Waals surface area contributed by atoms with Crippen LogP contribution in [0.25, 0.3) is 5.52 Å². The van der Waals surface area contributed by atoms with E-state index in [0.717, 1.165) is 23.0 Å². The van der Waals surface area contributed by atoms with Crippen LogP contribution in [0.5, 0.6) is 0 Å². The summed E-state index contributed by atoms with van der Waals surface area (Å²) in [5.74, 6) is 0. The summed E-state index contributed by atoms with van der Waals surface area (Å²) in [5.41, 5.74) is 3.68. The van der Waals surface area contributed by atoms with E-state index in [1.54, 1.807) is 0 Å². The standard InChI is InChI=1S/C15H13BrN2/c16-13-10-15-14(17-8-9-18(15)11-13)7-6-12-4-2-1-3-5-12/h1-5,8-11H,6-7H2. The molecule has 1 aromatic carbocycles. The third kappa shape index (κ3) is 2.31. The van der Waals surface area contributed by atoms with Crippen molar-refractivity contribution in [2.75, 3.05) is 0 Å². The molecule has 0 bridgehead atoms. The molecule has 0 spiro atoms. The molecule has 2 heterocycles. The van der Waals surface area contributed by atoms with Gasteiger partial charge in [0.05, 0.1) is 11.2 Å². The SMILES string of the molecule is Brc1cc2c(CCc3ccccc3)nccn2c1. The number of rotatable bonds is 3. The Morgan fingerprint density at radius 3 is 2.78 bits per heavy atom. The summed E-state index contributed by atoms with van der Waals surface area (Å²) in [6.45, 7) is 0. The van der Waals surface area contributed by atoms with Gasteiger partial charge >= 0.3 is 0 Å². The minimum Gasteiger partial charge on any atom is -0.319 e. The minimum atomic E-state index is 0.963. The average molecular weight is 301 g/mol. The van der Waals surface area contributed by atoms with Gasteiger partial charge in [-0.05, 0) is 40.4 Å². The highest BCUT2D eigenvalue weighted by atomic mass is 79.9. The maximum absolute atomic E-state index is 4.49. The molecular formula is C15H13BrN2. The largest absolute Gasteiger partial charge is 0.319 e. The van der Waals surface area contributed by atoms with E-state index in [1.165, 1.54) is 11.1 Å². The van der Waals surface area contributed by atoms with Gasteiger partial charge in [-0.2, -0.15) is 0 Å². The van der Waals surface area contributed by atoms with Gasteiger partial charge < -0.3 is 4.40 Å². The van der Waals surface area contributed by atoms with Crippen LogP contribution in [0.1, 0.15) is 11.3 Å². The molecule has 3 rings (SSSR count). The highest BCUT2D eigenvalue weighted by Crippen LogP contribution is 2.18. The van der Waals surface area contributed by atoms with Crippen LogP contribution in [0, 0.1) is 0 Å². The first-order chi connectivity index (χ1) is 8.83. The van der Waals surface area contributed by atoms with Crippen LogP contribution >= 0.6 is 15.9 Å². The van der Waals surface area contributed by atoms with E-state index in [1.807, 2.05) is 18.5 Å². The summed E-state index contributed by atoms with van der Waals surface area (Å²) in [7, 11) is 0. The molecule has 0 saturated carbocycles. The number of halogens is 1.